The molecule has 0 heterocycles. The summed E-state index contributed by atoms with van der Waals surface area (Å²) in [6.07, 6.45) is 0.878. The molecule has 0 aliphatic heterocycles. The molecule has 0 radical (unpaired) electrons. The van der Waals surface area contributed by atoms with Crippen molar-refractivity contribution in [3.05, 3.63) is 54.1 Å². The van der Waals surface area contributed by atoms with Gasteiger partial charge in [0.1, 0.15) is 5.75 Å². The van der Waals surface area contributed by atoms with Crippen molar-refractivity contribution in [3.63, 3.8) is 0 Å². The van der Waals surface area contributed by atoms with E-state index >= 15 is 0 Å². The smallest absolute Gasteiger partial charge is 0.255 e. The van der Waals surface area contributed by atoms with Gasteiger partial charge < -0.3 is 25.4 Å². The molecule has 138 valence electrons. The lowest BCUT2D eigenvalue weighted by Gasteiger charge is -2.11. The van der Waals surface area contributed by atoms with E-state index in [2.05, 4.69) is 16.0 Å². The predicted molar refractivity (Wildman–Crippen MR) is 108 cm³/mol. The lowest BCUT2D eigenvalue weighted by molar-refractivity contribution is 0.102. The minimum absolute atomic E-state index is 0.179. The van der Waals surface area contributed by atoms with Gasteiger partial charge in [-0.15, -0.1) is 0 Å². The molecule has 0 aliphatic rings. The van der Waals surface area contributed by atoms with Crippen molar-refractivity contribution in [2.24, 2.45) is 0 Å². The first-order valence-corrected chi connectivity index (χ1v) is 8.62. The largest absolute Gasteiger partial charge is 0.497 e. The molecule has 2 aromatic rings. The van der Waals surface area contributed by atoms with Gasteiger partial charge >= 0.3 is 0 Å². The Kier molecular flexibility index (Phi) is 7.85. The van der Waals surface area contributed by atoms with E-state index in [9.17, 15) is 4.79 Å². The summed E-state index contributed by atoms with van der Waals surface area (Å²) in [6, 6.07) is 14.3. The molecule has 1 amide bonds. The number of benzene rings is 2. The number of thiocarbonyl (C=S) groups is 1. The Hall–Kier alpha value is -2.64. The Morgan fingerprint density at radius 1 is 0.962 bits per heavy atom. The molecule has 0 fully saturated rings. The Morgan fingerprint density at radius 2 is 1.58 bits per heavy atom. The molecule has 0 saturated carbocycles. The summed E-state index contributed by atoms with van der Waals surface area (Å²) in [5, 5.41) is 9.56. The second-order valence-corrected chi connectivity index (χ2v) is 5.90. The highest BCUT2D eigenvalue weighted by molar-refractivity contribution is 7.80. The van der Waals surface area contributed by atoms with Crippen LogP contribution in [0.25, 0.3) is 0 Å². The summed E-state index contributed by atoms with van der Waals surface area (Å²) in [7, 11) is 3.27. The molecule has 6 nitrogen and oxygen atoms in total. The Balaban J connectivity index is 1.85. The molecule has 3 N–H and O–H groups in total. The monoisotopic (exact) mass is 373 g/mol. The zero-order valence-electron chi connectivity index (χ0n) is 14.9. The van der Waals surface area contributed by atoms with Crippen molar-refractivity contribution in [1.29, 1.82) is 0 Å². The first-order valence-electron chi connectivity index (χ1n) is 8.21. The van der Waals surface area contributed by atoms with E-state index in [0.717, 1.165) is 24.4 Å². The molecule has 0 unspecified atom stereocenters. The van der Waals surface area contributed by atoms with E-state index in [4.69, 9.17) is 21.7 Å². The number of hydrogen-bond acceptors (Lipinski definition) is 4. The van der Waals surface area contributed by atoms with Crippen LogP contribution in [0.15, 0.2) is 48.5 Å². The first kappa shape index (κ1) is 19.7. The van der Waals surface area contributed by atoms with Crippen LogP contribution in [0.2, 0.25) is 0 Å². The topological polar surface area (TPSA) is 71.6 Å². The quantitative estimate of drug-likeness (QED) is 0.487. The van der Waals surface area contributed by atoms with Gasteiger partial charge in [-0.25, -0.2) is 0 Å². The second kappa shape index (κ2) is 10.4. The van der Waals surface area contributed by atoms with Crippen LogP contribution in [0.5, 0.6) is 5.75 Å². The van der Waals surface area contributed by atoms with Crippen LogP contribution in [0.4, 0.5) is 11.4 Å². The maximum atomic E-state index is 12.3. The van der Waals surface area contributed by atoms with E-state index < -0.39 is 0 Å². The fourth-order valence-electron chi connectivity index (χ4n) is 2.18. The molecule has 0 bridgehead atoms. The van der Waals surface area contributed by atoms with E-state index in [1.165, 1.54) is 0 Å². The number of nitrogens with one attached hydrogen (secondary N) is 3. The number of rotatable bonds is 8. The minimum atomic E-state index is -0.179. The fraction of sp³-hybridized carbons (Fsp3) is 0.263. The number of anilines is 2. The summed E-state index contributed by atoms with van der Waals surface area (Å²) >= 11 is 5.22. The average Bonchev–Trinajstić information content (AvgIpc) is 2.66. The summed E-state index contributed by atoms with van der Waals surface area (Å²) in [5.74, 6) is 0.562. The van der Waals surface area contributed by atoms with Crippen LogP contribution in [-0.2, 0) is 4.74 Å². The van der Waals surface area contributed by atoms with Crippen LogP contribution in [0, 0.1) is 0 Å². The van der Waals surface area contributed by atoms with Gasteiger partial charge in [0.2, 0.25) is 0 Å². The van der Waals surface area contributed by atoms with E-state index in [-0.39, 0.29) is 5.91 Å². The van der Waals surface area contributed by atoms with Gasteiger partial charge in [-0.05, 0) is 67.2 Å². The maximum absolute atomic E-state index is 12.3. The number of ether oxygens (including phenoxy) is 2. The highest BCUT2D eigenvalue weighted by Gasteiger charge is 2.06. The number of carbonyl (C=O) groups excluding carboxylic acids is 1. The van der Waals surface area contributed by atoms with Gasteiger partial charge in [-0.3, -0.25) is 4.79 Å². The van der Waals surface area contributed by atoms with E-state index in [1.54, 1.807) is 50.6 Å². The highest BCUT2D eigenvalue weighted by atomic mass is 32.1. The van der Waals surface area contributed by atoms with Crippen molar-refractivity contribution in [2.45, 2.75) is 6.42 Å². The van der Waals surface area contributed by atoms with Crippen LogP contribution in [0.3, 0.4) is 0 Å². The standard InChI is InChI=1S/C19H23N3O3S/c1-24-13-3-12-20-19(26)22-16-6-4-14(5-7-16)18(23)21-15-8-10-17(25-2)11-9-15/h4-11H,3,12-13H2,1-2H3,(H,21,23)(H2,20,22,26). The number of hydrogen-bond donors (Lipinski definition) is 3. The Bertz CT molecular complexity index is 718. The Morgan fingerprint density at radius 3 is 2.19 bits per heavy atom. The molecule has 0 saturated heterocycles. The van der Waals surface area contributed by atoms with E-state index in [0.29, 0.717) is 23.0 Å². The first-order chi connectivity index (χ1) is 12.6. The molecular weight excluding hydrogens is 350 g/mol. The molecule has 0 aliphatic carbocycles. The molecule has 0 aromatic heterocycles. The summed E-state index contributed by atoms with van der Waals surface area (Å²) in [6.45, 7) is 1.43. The molecule has 2 aromatic carbocycles. The number of carbonyl (C=O) groups is 1. The van der Waals surface area contributed by atoms with Crippen molar-refractivity contribution >= 4 is 34.6 Å². The lowest BCUT2D eigenvalue weighted by atomic mass is 10.2. The predicted octanol–water partition coefficient (Wildman–Crippen LogP) is 3.27. The molecule has 0 spiro atoms. The van der Waals surface area contributed by atoms with Gasteiger partial charge in [0.15, 0.2) is 5.11 Å². The average molecular weight is 373 g/mol. The molecule has 26 heavy (non-hydrogen) atoms. The minimum Gasteiger partial charge on any atom is -0.497 e. The van der Waals surface area contributed by atoms with Crippen molar-refractivity contribution < 1.29 is 14.3 Å². The van der Waals surface area contributed by atoms with Crippen LogP contribution in [0.1, 0.15) is 16.8 Å². The summed E-state index contributed by atoms with van der Waals surface area (Å²) < 4.78 is 10.1. The second-order valence-electron chi connectivity index (χ2n) is 5.49. The van der Waals surface area contributed by atoms with Gasteiger partial charge in [-0.1, -0.05) is 0 Å². The lowest BCUT2D eigenvalue weighted by Crippen LogP contribution is -2.29. The van der Waals surface area contributed by atoms with E-state index in [1.807, 2.05) is 12.1 Å². The number of methoxy groups -OCH3 is 2. The molecular formula is C19H23N3O3S. The van der Waals surface area contributed by atoms with Crippen molar-refractivity contribution in [3.8, 4) is 5.75 Å². The van der Waals surface area contributed by atoms with Crippen molar-refractivity contribution in [1.82, 2.24) is 5.32 Å². The number of amides is 1. The zero-order chi connectivity index (χ0) is 18.8. The third kappa shape index (κ3) is 6.34. The van der Waals surface area contributed by atoms with Crippen LogP contribution >= 0.6 is 12.2 Å². The van der Waals surface area contributed by atoms with Gasteiger partial charge in [0, 0.05) is 37.2 Å². The van der Waals surface area contributed by atoms with Gasteiger partial charge in [-0.2, -0.15) is 0 Å². The fourth-order valence-corrected chi connectivity index (χ4v) is 2.40. The Labute approximate surface area is 158 Å². The molecule has 2 rings (SSSR count). The van der Waals surface area contributed by atoms with Gasteiger partial charge in [0.05, 0.1) is 7.11 Å². The molecule has 7 heteroatoms. The van der Waals surface area contributed by atoms with Crippen LogP contribution in [-0.4, -0.2) is 38.4 Å². The normalized spacial score (nSPS) is 10.1. The molecule has 0 atom stereocenters. The SMILES string of the molecule is COCCCNC(=S)Nc1ccc(C(=O)Nc2ccc(OC)cc2)cc1. The third-order valence-electron chi connectivity index (χ3n) is 3.56. The van der Waals surface area contributed by atoms with Crippen LogP contribution < -0.4 is 20.7 Å². The van der Waals surface area contributed by atoms with Crippen molar-refractivity contribution in [2.75, 3.05) is 38.0 Å². The zero-order valence-corrected chi connectivity index (χ0v) is 15.7. The highest BCUT2D eigenvalue weighted by Crippen LogP contribution is 2.16. The third-order valence-corrected chi connectivity index (χ3v) is 3.81. The van der Waals surface area contributed by atoms with Gasteiger partial charge in [0.25, 0.3) is 5.91 Å². The summed E-state index contributed by atoms with van der Waals surface area (Å²) in [5.41, 5.74) is 2.08. The summed E-state index contributed by atoms with van der Waals surface area (Å²) in [4.78, 5) is 12.3. The maximum Gasteiger partial charge on any atom is 0.255 e.